The van der Waals surface area contributed by atoms with E-state index in [0.29, 0.717) is 12.8 Å². The van der Waals surface area contributed by atoms with Gasteiger partial charge in [0.25, 0.3) is 0 Å². The van der Waals surface area contributed by atoms with Crippen molar-refractivity contribution in [3.05, 3.63) is 0 Å². The molecular weight excluding hydrogens is 178 g/mol. The summed E-state index contributed by atoms with van der Waals surface area (Å²) >= 11 is 0. The molecule has 1 heterocycles. The van der Waals surface area contributed by atoms with E-state index in [1.54, 1.807) is 0 Å². The lowest BCUT2D eigenvalue weighted by atomic mass is 10.1. The van der Waals surface area contributed by atoms with Crippen LogP contribution < -0.4 is 11.5 Å². The smallest absolute Gasteiger partial charge is 0.217 e. The van der Waals surface area contributed by atoms with Crippen LogP contribution in [0.5, 0.6) is 0 Å². The summed E-state index contributed by atoms with van der Waals surface area (Å²) in [7, 11) is 0. The molecule has 0 aromatic carbocycles. The van der Waals surface area contributed by atoms with Crippen molar-refractivity contribution in [3.63, 3.8) is 0 Å². The third-order valence-electron chi connectivity index (χ3n) is 2.70. The number of amides is 1. The lowest BCUT2D eigenvalue weighted by molar-refractivity contribution is -0.118. The molecule has 1 amide bonds. The molecule has 14 heavy (non-hydrogen) atoms. The molecule has 82 valence electrons. The van der Waals surface area contributed by atoms with Gasteiger partial charge in [-0.1, -0.05) is 6.42 Å². The Balaban J connectivity index is 2.11. The second-order valence-electron chi connectivity index (χ2n) is 4.13. The molecule has 1 atom stereocenters. The van der Waals surface area contributed by atoms with Gasteiger partial charge in [0, 0.05) is 19.0 Å². The summed E-state index contributed by atoms with van der Waals surface area (Å²) in [6.07, 6.45) is 5.03. The lowest BCUT2D eigenvalue weighted by Gasteiger charge is -2.28. The molecule has 1 saturated heterocycles. The van der Waals surface area contributed by atoms with Crippen molar-refractivity contribution >= 4 is 5.91 Å². The van der Waals surface area contributed by atoms with Crippen LogP contribution in [0, 0.1) is 0 Å². The van der Waals surface area contributed by atoms with E-state index in [1.165, 1.54) is 19.3 Å². The minimum atomic E-state index is -0.251. The Bertz CT molecular complexity index is 178. The largest absolute Gasteiger partial charge is 0.370 e. The summed E-state index contributed by atoms with van der Waals surface area (Å²) in [6.45, 7) is 3.22. The van der Waals surface area contributed by atoms with E-state index < -0.39 is 0 Å². The van der Waals surface area contributed by atoms with Gasteiger partial charge in [0.2, 0.25) is 5.91 Å². The van der Waals surface area contributed by atoms with Gasteiger partial charge in [-0.2, -0.15) is 0 Å². The summed E-state index contributed by atoms with van der Waals surface area (Å²) in [6, 6.07) is 0.0978. The van der Waals surface area contributed by atoms with Crippen LogP contribution in [0.2, 0.25) is 0 Å². The highest BCUT2D eigenvalue weighted by Gasteiger charge is 2.13. The highest BCUT2D eigenvalue weighted by atomic mass is 16.1. The van der Waals surface area contributed by atoms with Crippen LogP contribution in [0.3, 0.4) is 0 Å². The zero-order chi connectivity index (χ0) is 10.4. The molecule has 4 N–H and O–H groups in total. The first-order valence-corrected chi connectivity index (χ1v) is 5.44. The molecule has 0 unspecified atom stereocenters. The Morgan fingerprint density at radius 2 is 1.93 bits per heavy atom. The maximum absolute atomic E-state index is 10.5. The summed E-state index contributed by atoms with van der Waals surface area (Å²) < 4.78 is 0. The van der Waals surface area contributed by atoms with Crippen LogP contribution in [0.15, 0.2) is 0 Å². The molecule has 1 aliphatic heterocycles. The van der Waals surface area contributed by atoms with Crippen molar-refractivity contribution in [2.24, 2.45) is 11.5 Å². The number of carbonyl (C=O) groups excluding carboxylic acids is 1. The third-order valence-corrected chi connectivity index (χ3v) is 2.70. The molecule has 4 heteroatoms. The van der Waals surface area contributed by atoms with Crippen LogP contribution >= 0.6 is 0 Å². The van der Waals surface area contributed by atoms with Crippen molar-refractivity contribution in [2.75, 3.05) is 19.6 Å². The molecule has 0 aliphatic carbocycles. The Kier molecular flexibility index (Phi) is 4.90. The Hall–Kier alpha value is -0.610. The van der Waals surface area contributed by atoms with Gasteiger partial charge in [-0.3, -0.25) is 4.79 Å². The van der Waals surface area contributed by atoms with Crippen LogP contribution in [0.4, 0.5) is 0 Å². The molecule has 1 fully saturated rings. The van der Waals surface area contributed by atoms with Crippen LogP contribution in [0.1, 0.15) is 32.1 Å². The van der Waals surface area contributed by atoms with Crippen LogP contribution in [0.25, 0.3) is 0 Å². The molecular formula is C10H21N3O. The average molecular weight is 199 g/mol. The predicted molar refractivity (Wildman–Crippen MR) is 56.7 cm³/mol. The summed E-state index contributed by atoms with van der Waals surface area (Å²) in [4.78, 5) is 12.9. The number of primary amides is 1. The Labute approximate surface area is 85.6 Å². The quantitative estimate of drug-likeness (QED) is 0.658. The van der Waals surface area contributed by atoms with Gasteiger partial charge in [0.15, 0.2) is 0 Å². The fraction of sp³-hybridized carbons (Fsp3) is 0.900. The highest BCUT2D eigenvalue weighted by molar-refractivity contribution is 5.73. The topological polar surface area (TPSA) is 72.3 Å². The van der Waals surface area contributed by atoms with E-state index in [0.717, 1.165) is 19.6 Å². The van der Waals surface area contributed by atoms with E-state index in [4.69, 9.17) is 11.5 Å². The maximum atomic E-state index is 10.5. The number of carbonyl (C=O) groups is 1. The fourth-order valence-electron chi connectivity index (χ4n) is 1.89. The van der Waals surface area contributed by atoms with E-state index in [9.17, 15) is 4.79 Å². The van der Waals surface area contributed by atoms with Gasteiger partial charge in [-0.25, -0.2) is 0 Å². The van der Waals surface area contributed by atoms with Crippen molar-refractivity contribution < 1.29 is 4.79 Å². The number of nitrogens with zero attached hydrogens (tertiary/aromatic N) is 1. The number of rotatable bonds is 5. The normalized spacial score (nSPS) is 20.6. The summed E-state index contributed by atoms with van der Waals surface area (Å²) in [5, 5.41) is 0. The van der Waals surface area contributed by atoms with E-state index in [1.807, 2.05) is 0 Å². The molecule has 0 spiro atoms. The van der Waals surface area contributed by atoms with Crippen molar-refractivity contribution in [2.45, 2.75) is 38.1 Å². The number of likely N-dealkylation sites (tertiary alicyclic amines) is 1. The molecule has 4 nitrogen and oxygen atoms in total. The van der Waals surface area contributed by atoms with Crippen molar-refractivity contribution in [3.8, 4) is 0 Å². The van der Waals surface area contributed by atoms with Gasteiger partial charge in [-0.15, -0.1) is 0 Å². The predicted octanol–water partition coefficient (Wildman–Crippen LogP) is 0.0651. The van der Waals surface area contributed by atoms with Gasteiger partial charge >= 0.3 is 0 Å². The summed E-state index contributed by atoms with van der Waals surface area (Å²) in [5.41, 5.74) is 11.0. The molecule has 0 aromatic rings. The molecule has 1 rings (SSSR count). The van der Waals surface area contributed by atoms with Gasteiger partial charge < -0.3 is 16.4 Å². The number of piperidine rings is 1. The molecule has 0 saturated carbocycles. The fourth-order valence-corrected chi connectivity index (χ4v) is 1.89. The van der Waals surface area contributed by atoms with E-state index in [2.05, 4.69) is 4.90 Å². The Morgan fingerprint density at radius 1 is 1.29 bits per heavy atom. The molecule has 0 radical (unpaired) electrons. The molecule has 0 bridgehead atoms. The van der Waals surface area contributed by atoms with Gasteiger partial charge in [-0.05, 0) is 32.4 Å². The van der Waals surface area contributed by atoms with Crippen LogP contribution in [-0.4, -0.2) is 36.5 Å². The highest BCUT2D eigenvalue weighted by Crippen LogP contribution is 2.09. The standard InChI is InChI=1S/C10H21N3O/c11-9(4-5-10(12)14)8-13-6-2-1-3-7-13/h9H,1-8,11H2,(H2,12,14)/t9-/m0/s1. The maximum Gasteiger partial charge on any atom is 0.217 e. The second-order valence-corrected chi connectivity index (χ2v) is 4.13. The zero-order valence-corrected chi connectivity index (χ0v) is 8.74. The average Bonchev–Trinajstić information content (AvgIpc) is 2.16. The number of hydrogen-bond acceptors (Lipinski definition) is 3. The first-order valence-electron chi connectivity index (χ1n) is 5.44. The number of nitrogens with two attached hydrogens (primary N) is 2. The third kappa shape index (κ3) is 4.58. The monoisotopic (exact) mass is 199 g/mol. The summed E-state index contributed by atoms with van der Waals surface area (Å²) in [5.74, 6) is -0.251. The first-order chi connectivity index (χ1) is 6.68. The second kappa shape index (κ2) is 5.98. The first kappa shape index (κ1) is 11.5. The van der Waals surface area contributed by atoms with Crippen LogP contribution in [-0.2, 0) is 4.79 Å². The van der Waals surface area contributed by atoms with Crippen molar-refractivity contribution in [1.82, 2.24) is 4.90 Å². The van der Waals surface area contributed by atoms with Gasteiger partial charge in [0.1, 0.15) is 0 Å². The van der Waals surface area contributed by atoms with E-state index in [-0.39, 0.29) is 11.9 Å². The SMILES string of the molecule is NC(=O)CC[C@H](N)CN1CCCCC1. The van der Waals surface area contributed by atoms with Gasteiger partial charge in [0.05, 0.1) is 0 Å². The minimum Gasteiger partial charge on any atom is -0.370 e. The lowest BCUT2D eigenvalue weighted by Crippen LogP contribution is -2.40. The van der Waals surface area contributed by atoms with Crippen molar-refractivity contribution in [1.29, 1.82) is 0 Å². The number of hydrogen-bond donors (Lipinski definition) is 2. The zero-order valence-electron chi connectivity index (χ0n) is 8.74. The minimum absolute atomic E-state index is 0.0978. The Morgan fingerprint density at radius 3 is 2.50 bits per heavy atom. The van der Waals surface area contributed by atoms with E-state index >= 15 is 0 Å². The molecule has 1 aliphatic rings. The molecule has 0 aromatic heterocycles.